The normalized spacial score (nSPS) is 9.89. The van der Waals surface area contributed by atoms with Crippen LogP contribution < -0.4 is 4.87 Å². The molecule has 3 nitrogen and oxygen atoms in total. The lowest BCUT2D eigenvalue weighted by atomic mass is 10.6. The monoisotopic (exact) mass is 165 g/mol. The fourth-order valence-corrected chi connectivity index (χ4v) is 1.31. The van der Waals surface area contributed by atoms with Gasteiger partial charge in [0.15, 0.2) is 5.06 Å². The third kappa shape index (κ3) is 1.25. The molecule has 1 aromatic heterocycles. The summed E-state index contributed by atoms with van der Waals surface area (Å²) in [5.41, 5.74) is 0.395. The van der Waals surface area contributed by atoms with Crippen LogP contribution in [0.15, 0.2) is 4.79 Å². The molecule has 0 amide bonds. The first kappa shape index (κ1) is 6.64. The summed E-state index contributed by atoms with van der Waals surface area (Å²) in [7, 11) is 0. The van der Waals surface area contributed by atoms with Crippen LogP contribution in [0.3, 0.4) is 0 Å². The Balaban J connectivity index is 3.16. The van der Waals surface area contributed by atoms with E-state index in [0.717, 1.165) is 11.3 Å². The standard InChI is InChI=1S/C4H4ClNO2S/c5-1-2-3(7)9-4(8)6-2/h7H,1H2,(H,6,8). The maximum Gasteiger partial charge on any atom is 0.308 e. The number of rotatable bonds is 1. The maximum atomic E-state index is 10.4. The smallest absolute Gasteiger partial charge is 0.308 e. The minimum absolute atomic E-state index is 0.0185. The lowest BCUT2D eigenvalue weighted by Crippen LogP contribution is -1.92. The number of aromatic amines is 1. The van der Waals surface area contributed by atoms with Gasteiger partial charge in [0.2, 0.25) is 0 Å². The first-order valence-electron chi connectivity index (χ1n) is 2.21. The van der Waals surface area contributed by atoms with Gasteiger partial charge < -0.3 is 10.1 Å². The molecule has 9 heavy (non-hydrogen) atoms. The molecule has 0 radical (unpaired) electrons. The van der Waals surface area contributed by atoms with Gasteiger partial charge in [-0.3, -0.25) is 4.79 Å². The van der Waals surface area contributed by atoms with Crippen LogP contribution in [0.5, 0.6) is 5.06 Å². The van der Waals surface area contributed by atoms with Crippen LogP contribution in [-0.4, -0.2) is 10.1 Å². The summed E-state index contributed by atoms with van der Waals surface area (Å²) in [4.78, 5) is 12.5. The number of hydrogen-bond donors (Lipinski definition) is 2. The molecule has 0 aliphatic rings. The summed E-state index contributed by atoms with van der Waals surface area (Å²) < 4.78 is 0. The van der Waals surface area contributed by atoms with Gasteiger partial charge in [0.05, 0.1) is 11.6 Å². The van der Waals surface area contributed by atoms with Crippen molar-refractivity contribution in [1.29, 1.82) is 0 Å². The number of halogens is 1. The highest BCUT2D eigenvalue weighted by Crippen LogP contribution is 2.18. The second kappa shape index (κ2) is 2.41. The second-order valence-corrected chi connectivity index (χ2v) is 2.66. The van der Waals surface area contributed by atoms with Crippen LogP contribution in [0, 0.1) is 0 Å². The Bertz CT molecular complexity index is 253. The molecule has 0 saturated heterocycles. The van der Waals surface area contributed by atoms with Gasteiger partial charge in [-0.05, 0) is 11.3 Å². The Kier molecular flexibility index (Phi) is 1.78. The zero-order chi connectivity index (χ0) is 6.85. The molecule has 5 heteroatoms. The quantitative estimate of drug-likeness (QED) is 0.607. The molecule has 1 heterocycles. The van der Waals surface area contributed by atoms with Gasteiger partial charge in [-0.25, -0.2) is 0 Å². The summed E-state index contributed by atoms with van der Waals surface area (Å²) in [6, 6.07) is 0. The Morgan fingerprint density at radius 2 is 2.44 bits per heavy atom. The van der Waals surface area contributed by atoms with Gasteiger partial charge in [0.25, 0.3) is 0 Å². The molecule has 0 aliphatic heterocycles. The number of aromatic hydroxyl groups is 1. The van der Waals surface area contributed by atoms with Crippen molar-refractivity contribution in [3.63, 3.8) is 0 Å². The molecule has 0 aliphatic carbocycles. The molecule has 2 N–H and O–H groups in total. The lowest BCUT2D eigenvalue weighted by Gasteiger charge is -1.84. The van der Waals surface area contributed by atoms with E-state index >= 15 is 0 Å². The summed E-state index contributed by atoms with van der Waals surface area (Å²) in [6.45, 7) is 0. The largest absolute Gasteiger partial charge is 0.498 e. The Labute approximate surface area is 59.9 Å². The van der Waals surface area contributed by atoms with Crippen molar-refractivity contribution in [3.8, 4) is 5.06 Å². The molecular formula is C4H4ClNO2S. The maximum absolute atomic E-state index is 10.4. The molecule has 0 saturated carbocycles. The van der Waals surface area contributed by atoms with Crippen LogP contribution in [0.25, 0.3) is 0 Å². The highest BCUT2D eigenvalue weighted by Gasteiger charge is 2.02. The SMILES string of the molecule is O=c1[nH]c(CCl)c(O)s1. The van der Waals surface area contributed by atoms with Crippen molar-refractivity contribution in [3.05, 3.63) is 15.4 Å². The van der Waals surface area contributed by atoms with Crippen molar-refractivity contribution in [2.75, 3.05) is 0 Å². The number of alkyl halides is 1. The van der Waals surface area contributed by atoms with Gasteiger partial charge in [-0.15, -0.1) is 11.6 Å². The minimum Gasteiger partial charge on any atom is -0.498 e. The summed E-state index contributed by atoms with van der Waals surface area (Å²) in [5.74, 6) is 0.143. The van der Waals surface area contributed by atoms with Crippen LogP contribution >= 0.6 is 22.9 Å². The van der Waals surface area contributed by atoms with Crippen molar-refractivity contribution in [2.24, 2.45) is 0 Å². The van der Waals surface area contributed by atoms with E-state index in [0.29, 0.717) is 5.69 Å². The zero-order valence-corrected chi connectivity index (χ0v) is 5.92. The average molecular weight is 166 g/mol. The molecule has 50 valence electrons. The van der Waals surface area contributed by atoms with Crippen molar-refractivity contribution < 1.29 is 5.11 Å². The van der Waals surface area contributed by atoms with E-state index in [1.54, 1.807) is 0 Å². The molecule has 0 unspecified atom stereocenters. The average Bonchev–Trinajstić information content (AvgIpc) is 2.10. The van der Waals surface area contributed by atoms with E-state index in [2.05, 4.69) is 4.98 Å². The summed E-state index contributed by atoms with van der Waals surface area (Å²) >= 11 is 6.08. The topological polar surface area (TPSA) is 53.1 Å². The minimum atomic E-state index is -0.275. The lowest BCUT2D eigenvalue weighted by molar-refractivity contribution is 0.484. The number of nitrogens with one attached hydrogen (secondary N) is 1. The third-order valence-electron chi connectivity index (χ3n) is 0.834. The number of aromatic nitrogens is 1. The molecule has 1 rings (SSSR count). The van der Waals surface area contributed by atoms with Crippen molar-refractivity contribution >= 4 is 22.9 Å². The molecule has 0 bridgehead atoms. The van der Waals surface area contributed by atoms with Gasteiger partial charge in [0, 0.05) is 0 Å². The first-order valence-corrected chi connectivity index (χ1v) is 3.56. The highest BCUT2D eigenvalue weighted by atomic mass is 35.5. The molecular weight excluding hydrogens is 162 g/mol. The van der Waals surface area contributed by atoms with E-state index < -0.39 is 0 Å². The summed E-state index contributed by atoms with van der Waals surface area (Å²) in [5, 5.41) is 8.82. The Morgan fingerprint density at radius 3 is 2.67 bits per heavy atom. The van der Waals surface area contributed by atoms with Crippen LogP contribution in [0.1, 0.15) is 5.69 Å². The molecule has 1 aromatic rings. The molecule has 0 atom stereocenters. The van der Waals surface area contributed by atoms with Gasteiger partial charge >= 0.3 is 4.87 Å². The first-order chi connectivity index (χ1) is 4.24. The van der Waals surface area contributed by atoms with E-state index in [1.807, 2.05) is 0 Å². The fraction of sp³-hybridized carbons (Fsp3) is 0.250. The summed E-state index contributed by atoms with van der Waals surface area (Å²) in [6.07, 6.45) is 0. The predicted molar refractivity (Wildman–Crippen MR) is 36.2 cm³/mol. The van der Waals surface area contributed by atoms with Gasteiger partial charge in [-0.1, -0.05) is 0 Å². The molecule has 0 fully saturated rings. The highest BCUT2D eigenvalue weighted by molar-refractivity contribution is 7.11. The van der Waals surface area contributed by atoms with E-state index in [9.17, 15) is 4.79 Å². The van der Waals surface area contributed by atoms with Gasteiger partial charge in [0.1, 0.15) is 0 Å². The van der Waals surface area contributed by atoms with Crippen LogP contribution in [-0.2, 0) is 5.88 Å². The van der Waals surface area contributed by atoms with E-state index in [4.69, 9.17) is 16.7 Å². The Morgan fingerprint density at radius 1 is 1.78 bits per heavy atom. The molecule has 0 aromatic carbocycles. The molecule has 0 spiro atoms. The predicted octanol–water partition coefficient (Wildman–Crippen LogP) is 0.881. The fourth-order valence-electron chi connectivity index (χ4n) is 0.442. The van der Waals surface area contributed by atoms with Gasteiger partial charge in [-0.2, -0.15) is 0 Å². The van der Waals surface area contributed by atoms with E-state index in [-0.39, 0.29) is 15.8 Å². The van der Waals surface area contributed by atoms with Crippen molar-refractivity contribution in [2.45, 2.75) is 5.88 Å². The van der Waals surface area contributed by atoms with Crippen LogP contribution in [0.4, 0.5) is 0 Å². The van der Waals surface area contributed by atoms with Crippen molar-refractivity contribution in [1.82, 2.24) is 4.98 Å². The number of H-pyrrole nitrogens is 1. The Hall–Kier alpha value is -0.480. The third-order valence-corrected chi connectivity index (χ3v) is 1.83. The van der Waals surface area contributed by atoms with Crippen LogP contribution in [0.2, 0.25) is 0 Å². The number of hydrogen-bond acceptors (Lipinski definition) is 3. The number of thiazole rings is 1. The van der Waals surface area contributed by atoms with E-state index in [1.165, 1.54) is 0 Å². The zero-order valence-electron chi connectivity index (χ0n) is 4.35. The second-order valence-electron chi connectivity index (χ2n) is 1.43.